The second-order valence-corrected chi connectivity index (χ2v) is 4.22. The van der Waals surface area contributed by atoms with Gasteiger partial charge in [0.1, 0.15) is 0 Å². The third kappa shape index (κ3) is 2.85. The molecule has 0 spiro atoms. The minimum absolute atomic E-state index is 0.151. The second-order valence-electron chi connectivity index (χ2n) is 4.22. The molecule has 0 heterocycles. The summed E-state index contributed by atoms with van der Waals surface area (Å²) in [6.45, 7) is 3.46. The minimum atomic E-state index is -1.38. The Hall–Kier alpha value is -2.06. The van der Waals surface area contributed by atoms with Crippen molar-refractivity contribution in [3.05, 3.63) is 42.7 Å². The summed E-state index contributed by atoms with van der Waals surface area (Å²) >= 11 is 0. The first kappa shape index (κ1) is 15.0. The highest BCUT2D eigenvalue weighted by molar-refractivity contribution is 6.01. The molecule has 0 bridgehead atoms. The van der Waals surface area contributed by atoms with Crippen LogP contribution in [0.25, 0.3) is 0 Å². The van der Waals surface area contributed by atoms with E-state index in [1.54, 1.807) is 6.08 Å². The molecule has 0 aliphatic heterocycles. The quantitative estimate of drug-likeness (QED) is 0.433. The van der Waals surface area contributed by atoms with Crippen molar-refractivity contribution in [3.8, 4) is 0 Å². The molecule has 0 amide bonds. The van der Waals surface area contributed by atoms with Gasteiger partial charge in [-0.25, -0.2) is 0 Å². The molecule has 4 nitrogen and oxygen atoms in total. The SMILES string of the molecule is C=C=CCC(C(=O)OC)(C(=O)OC)C1C=CC=CC1. The molecular weight excluding hydrogens is 244 g/mol. The van der Waals surface area contributed by atoms with Gasteiger partial charge in [-0.2, -0.15) is 0 Å². The standard InChI is InChI=1S/C15H18O4/c1-4-5-11-15(13(16)18-2,14(17)19-3)12-9-7-6-8-10-12/h5-9,12H,1,10-11H2,2-3H3. The van der Waals surface area contributed by atoms with E-state index in [4.69, 9.17) is 9.47 Å². The highest BCUT2D eigenvalue weighted by Gasteiger charge is 2.52. The Labute approximate surface area is 113 Å². The van der Waals surface area contributed by atoms with E-state index >= 15 is 0 Å². The van der Waals surface area contributed by atoms with Crippen molar-refractivity contribution in [2.24, 2.45) is 11.3 Å². The van der Waals surface area contributed by atoms with Crippen LogP contribution in [0.5, 0.6) is 0 Å². The van der Waals surface area contributed by atoms with Crippen LogP contribution in [0, 0.1) is 11.3 Å². The third-order valence-electron chi connectivity index (χ3n) is 3.28. The molecule has 0 saturated heterocycles. The first-order chi connectivity index (χ1) is 9.13. The molecular formula is C15H18O4. The van der Waals surface area contributed by atoms with Gasteiger partial charge < -0.3 is 9.47 Å². The van der Waals surface area contributed by atoms with Crippen LogP contribution in [0.15, 0.2) is 42.7 Å². The molecule has 1 atom stereocenters. The molecule has 19 heavy (non-hydrogen) atoms. The molecule has 0 fully saturated rings. The highest BCUT2D eigenvalue weighted by atomic mass is 16.5. The molecule has 0 N–H and O–H groups in total. The van der Waals surface area contributed by atoms with Gasteiger partial charge in [0.05, 0.1) is 14.2 Å². The molecule has 0 aromatic rings. The summed E-state index contributed by atoms with van der Waals surface area (Å²) in [4.78, 5) is 24.4. The third-order valence-corrected chi connectivity index (χ3v) is 3.28. The second kappa shape index (κ2) is 6.76. The van der Waals surface area contributed by atoms with Crippen molar-refractivity contribution in [2.75, 3.05) is 14.2 Å². The number of carbonyl (C=O) groups excluding carboxylic acids is 2. The fraction of sp³-hybridized carbons (Fsp3) is 0.400. The van der Waals surface area contributed by atoms with Crippen molar-refractivity contribution >= 4 is 11.9 Å². The number of carbonyl (C=O) groups is 2. The first-order valence-corrected chi connectivity index (χ1v) is 5.98. The van der Waals surface area contributed by atoms with E-state index in [1.807, 2.05) is 24.3 Å². The summed E-state index contributed by atoms with van der Waals surface area (Å²) in [5.74, 6) is -1.51. The number of rotatable bonds is 5. The zero-order valence-electron chi connectivity index (χ0n) is 11.2. The summed E-state index contributed by atoms with van der Waals surface area (Å²) in [7, 11) is 2.53. The number of esters is 2. The largest absolute Gasteiger partial charge is 0.468 e. The van der Waals surface area contributed by atoms with Crippen molar-refractivity contribution in [1.29, 1.82) is 0 Å². The summed E-state index contributed by atoms with van der Waals surface area (Å²) in [5, 5.41) is 0. The van der Waals surface area contributed by atoms with Crippen LogP contribution in [0.4, 0.5) is 0 Å². The topological polar surface area (TPSA) is 52.6 Å². The molecule has 1 aliphatic rings. The number of allylic oxidation sites excluding steroid dienone is 5. The van der Waals surface area contributed by atoms with E-state index in [0.29, 0.717) is 6.42 Å². The monoisotopic (exact) mass is 262 g/mol. The molecule has 0 aromatic carbocycles. The smallest absolute Gasteiger partial charge is 0.324 e. The molecule has 0 saturated carbocycles. The van der Waals surface area contributed by atoms with Crippen molar-refractivity contribution in [1.82, 2.24) is 0 Å². The highest BCUT2D eigenvalue weighted by Crippen LogP contribution is 2.39. The Kier molecular flexibility index (Phi) is 5.34. The summed E-state index contributed by atoms with van der Waals surface area (Å²) < 4.78 is 9.65. The Balaban J connectivity index is 3.27. The van der Waals surface area contributed by atoms with Crippen LogP contribution in [0.3, 0.4) is 0 Å². The molecule has 102 valence electrons. The predicted octanol–water partition coefficient (Wildman–Crippen LogP) is 2.18. The molecule has 0 aromatic heterocycles. The molecule has 1 rings (SSSR count). The Morgan fingerprint density at radius 2 is 2.00 bits per heavy atom. The lowest BCUT2D eigenvalue weighted by Crippen LogP contribution is -2.46. The van der Waals surface area contributed by atoms with Gasteiger partial charge in [0.25, 0.3) is 0 Å². The van der Waals surface area contributed by atoms with Crippen LogP contribution in [-0.2, 0) is 19.1 Å². The van der Waals surface area contributed by atoms with Gasteiger partial charge in [0.2, 0.25) is 0 Å². The zero-order chi connectivity index (χ0) is 14.3. The van der Waals surface area contributed by atoms with Gasteiger partial charge in [-0.3, -0.25) is 9.59 Å². The van der Waals surface area contributed by atoms with E-state index in [9.17, 15) is 9.59 Å². The van der Waals surface area contributed by atoms with Gasteiger partial charge in [-0.1, -0.05) is 30.9 Å². The van der Waals surface area contributed by atoms with Crippen LogP contribution in [0.1, 0.15) is 12.8 Å². The fourth-order valence-electron chi connectivity index (χ4n) is 2.25. The number of hydrogen-bond donors (Lipinski definition) is 0. The van der Waals surface area contributed by atoms with E-state index in [1.165, 1.54) is 14.2 Å². The lowest BCUT2D eigenvalue weighted by Gasteiger charge is -2.33. The van der Waals surface area contributed by atoms with E-state index in [0.717, 1.165) is 0 Å². The van der Waals surface area contributed by atoms with Crippen LogP contribution < -0.4 is 0 Å². The maximum absolute atomic E-state index is 12.2. The summed E-state index contributed by atoms with van der Waals surface area (Å²) in [5.41, 5.74) is 1.21. The molecule has 1 aliphatic carbocycles. The van der Waals surface area contributed by atoms with Gasteiger partial charge in [-0.15, -0.1) is 5.73 Å². The van der Waals surface area contributed by atoms with Crippen molar-refractivity contribution < 1.29 is 19.1 Å². The van der Waals surface area contributed by atoms with E-state index < -0.39 is 17.4 Å². The maximum Gasteiger partial charge on any atom is 0.324 e. The lowest BCUT2D eigenvalue weighted by molar-refractivity contribution is -0.172. The van der Waals surface area contributed by atoms with E-state index in [2.05, 4.69) is 12.3 Å². The Bertz CT molecular complexity index is 437. The van der Waals surface area contributed by atoms with Crippen molar-refractivity contribution in [2.45, 2.75) is 12.8 Å². The zero-order valence-corrected chi connectivity index (χ0v) is 11.2. The number of methoxy groups -OCH3 is 2. The molecule has 4 heteroatoms. The lowest BCUT2D eigenvalue weighted by atomic mass is 9.70. The van der Waals surface area contributed by atoms with Gasteiger partial charge >= 0.3 is 11.9 Å². The van der Waals surface area contributed by atoms with Crippen LogP contribution in [-0.4, -0.2) is 26.2 Å². The predicted molar refractivity (Wildman–Crippen MR) is 71.2 cm³/mol. The Morgan fingerprint density at radius 3 is 2.42 bits per heavy atom. The summed E-state index contributed by atoms with van der Waals surface area (Å²) in [6, 6.07) is 0. The van der Waals surface area contributed by atoms with Gasteiger partial charge in [-0.05, 0) is 12.5 Å². The average molecular weight is 262 g/mol. The average Bonchev–Trinajstić information content (AvgIpc) is 2.48. The fourth-order valence-corrected chi connectivity index (χ4v) is 2.25. The maximum atomic E-state index is 12.2. The van der Waals surface area contributed by atoms with Crippen molar-refractivity contribution in [3.63, 3.8) is 0 Å². The number of ether oxygens (including phenoxy) is 2. The van der Waals surface area contributed by atoms with Crippen LogP contribution in [0.2, 0.25) is 0 Å². The first-order valence-electron chi connectivity index (χ1n) is 5.98. The number of hydrogen-bond acceptors (Lipinski definition) is 4. The Morgan fingerprint density at radius 1 is 1.37 bits per heavy atom. The minimum Gasteiger partial charge on any atom is -0.468 e. The normalized spacial score (nSPS) is 17.5. The van der Waals surface area contributed by atoms with E-state index in [-0.39, 0.29) is 12.3 Å². The summed E-state index contributed by atoms with van der Waals surface area (Å²) in [6.07, 6.45) is 9.70. The van der Waals surface area contributed by atoms with Gasteiger partial charge in [0, 0.05) is 12.3 Å². The van der Waals surface area contributed by atoms with Gasteiger partial charge in [0.15, 0.2) is 5.41 Å². The van der Waals surface area contributed by atoms with Crippen LogP contribution >= 0.6 is 0 Å². The molecule has 1 unspecified atom stereocenters. The molecule has 0 radical (unpaired) electrons.